The first-order valence-corrected chi connectivity index (χ1v) is 7.45. The molecule has 0 aliphatic heterocycles. The second-order valence-electron chi connectivity index (χ2n) is 5.18. The van der Waals surface area contributed by atoms with Gasteiger partial charge in [0.25, 0.3) is 5.91 Å². The van der Waals surface area contributed by atoms with Crippen LogP contribution >= 0.6 is 0 Å². The summed E-state index contributed by atoms with van der Waals surface area (Å²) in [6.45, 7) is 1.81. The Balaban J connectivity index is 2.19. The number of methoxy groups -OCH3 is 1. The highest BCUT2D eigenvalue weighted by atomic mass is 19.1. The Morgan fingerprint density at radius 3 is 2.79 bits per heavy atom. The molecule has 1 heterocycles. The zero-order chi connectivity index (χ0) is 17.7. The molecule has 0 aliphatic rings. The van der Waals surface area contributed by atoms with E-state index in [2.05, 4.69) is 10.1 Å². The van der Waals surface area contributed by atoms with Gasteiger partial charge in [0, 0.05) is 24.1 Å². The summed E-state index contributed by atoms with van der Waals surface area (Å²) < 4.78 is 23.7. The van der Waals surface area contributed by atoms with Gasteiger partial charge in [-0.3, -0.25) is 9.59 Å². The Hall–Kier alpha value is -2.67. The topological polar surface area (TPSA) is 94.6 Å². The molecular formula is C17H19FN2O4. The molecule has 0 bridgehead atoms. The number of benzene rings is 1. The molecule has 0 fully saturated rings. The highest BCUT2D eigenvalue weighted by molar-refractivity contribution is 5.96. The van der Waals surface area contributed by atoms with E-state index in [-0.39, 0.29) is 12.1 Å². The second kappa shape index (κ2) is 7.74. The summed E-state index contributed by atoms with van der Waals surface area (Å²) in [4.78, 5) is 23.4. The molecule has 0 aliphatic carbocycles. The Labute approximate surface area is 138 Å². The molecule has 6 nitrogen and oxygen atoms in total. The highest BCUT2D eigenvalue weighted by Crippen LogP contribution is 2.27. The lowest BCUT2D eigenvalue weighted by Gasteiger charge is -2.11. The number of nitrogens with one attached hydrogen (secondary N) is 1. The van der Waals surface area contributed by atoms with Gasteiger partial charge in [-0.15, -0.1) is 0 Å². The van der Waals surface area contributed by atoms with Crippen molar-refractivity contribution in [3.8, 4) is 11.1 Å². The minimum Gasteiger partial charge on any atom is -0.469 e. The zero-order valence-corrected chi connectivity index (χ0v) is 13.5. The van der Waals surface area contributed by atoms with Crippen LogP contribution < -0.4 is 11.1 Å². The molecule has 1 atom stereocenters. The van der Waals surface area contributed by atoms with E-state index in [1.165, 1.54) is 19.4 Å². The minimum absolute atomic E-state index is 0.108. The van der Waals surface area contributed by atoms with Crippen molar-refractivity contribution < 1.29 is 23.1 Å². The second-order valence-corrected chi connectivity index (χ2v) is 5.18. The van der Waals surface area contributed by atoms with E-state index in [1.54, 1.807) is 12.1 Å². The molecule has 0 unspecified atom stereocenters. The molecule has 2 aromatic rings. The molecule has 0 spiro atoms. The molecule has 1 aromatic heterocycles. The molecule has 2 rings (SSSR count). The van der Waals surface area contributed by atoms with Crippen LogP contribution in [-0.4, -0.2) is 31.6 Å². The summed E-state index contributed by atoms with van der Waals surface area (Å²) in [5, 5.41) is 2.49. The SMILES string of the molecule is CCc1occc1-c1cc(F)cc(C(=O)NC[C@@H](N)C(=O)OC)c1. The van der Waals surface area contributed by atoms with Gasteiger partial charge in [-0.25, -0.2) is 4.39 Å². The van der Waals surface area contributed by atoms with Crippen molar-refractivity contribution in [1.82, 2.24) is 5.32 Å². The van der Waals surface area contributed by atoms with Crippen molar-refractivity contribution in [1.29, 1.82) is 0 Å². The van der Waals surface area contributed by atoms with Gasteiger partial charge in [-0.1, -0.05) is 6.92 Å². The van der Waals surface area contributed by atoms with E-state index in [0.717, 1.165) is 11.6 Å². The number of aryl methyl sites for hydroxylation is 1. The summed E-state index contributed by atoms with van der Waals surface area (Å²) >= 11 is 0. The summed E-state index contributed by atoms with van der Waals surface area (Å²) in [7, 11) is 1.21. The van der Waals surface area contributed by atoms with Gasteiger partial charge < -0.3 is 20.2 Å². The first-order chi connectivity index (χ1) is 11.5. The van der Waals surface area contributed by atoms with Crippen LogP contribution in [-0.2, 0) is 16.0 Å². The molecule has 1 aromatic carbocycles. The maximum absolute atomic E-state index is 13.9. The van der Waals surface area contributed by atoms with Crippen LogP contribution in [0.5, 0.6) is 0 Å². The lowest BCUT2D eigenvalue weighted by Crippen LogP contribution is -2.43. The van der Waals surface area contributed by atoms with E-state index in [0.29, 0.717) is 17.7 Å². The number of carbonyl (C=O) groups is 2. The van der Waals surface area contributed by atoms with Gasteiger partial charge in [-0.2, -0.15) is 0 Å². The van der Waals surface area contributed by atoms with Crippen LogP contribution in [0, 0.1) is 5.82 Å². The molecular weight excluding hydrogens is 315 g/mol. The molecule has 1 amide bonds. The van der Waals surface area contributed by atoms with Crippen LogP contribution in [0.15, 0.2) is 34.9 Å². The maximum Gasteiger partial charge on any atom is 0.324 e. The first-order valence-electron chi connectivity index (χ1n) is 7.45. The zero-order valence-electron chi connectivity index (χ0n) is 13.5. The molecule has 0 radical (unpaired) electrons. The third-order valence-corrected chi connectivity index (χ3v) is 3.52. The van der Waals surface area contributed by atoms with Crippen molar-refractivity contribution in [3.05, 3.63) is 47.7 Å². The van der Waals surface area contributed by atoms with E-state index in [9.17, 15) is 14.0 Å². The predicted molar refractivity (Wildman–Crippen MR) is 85.8 cm³/mol. The fourth-order valence-electron chi connectivity index (χ4n) is 2.29. The van der Waals surface area contributed by atoms with Crippen LogP contribution in [0.2, 0.25) is 0 Å². The van der Waals surface area contributed by atoms with Crippen LogP contribution in [0.4, 0.5) is 4.39 Å². The third kappa shape index (κ3) is 3.99. The van der Waals surface area contributed by atoms with Crippen molar-refractivity contribution in [2.75, 3.05) is 13.7 Å². The first kappa shape index (κ1) is 17.7. The largest absolute Gasteiger partial charge is 0.469 e. The smallest absolute Gasteiger partial charge is 0.324 e. The molecule has 7 heteroatoms. The summed E-state index contributed by atoms with van der Waals surface area (Å²) in [6, 6.07) is 4.76. The summed E-state index contributed by atoms with van der Waals surface area (Å²) in [6.07, 6.45) is 2.17. The Morgan fingerprint density at radius 1 is 1.38 bits per heavy atom. The monoisotopic (exact) mass is 334 g/mol. The van der Waals surface area contributed by atoms with Gasteiger partial charge in [-0.05, 0) is 29.8 Å². The lowest BCUT2D eigenvalue weighted by atomic mass is 10.0. The fraction of sp³-hybridized carbons (Fsp3) is 0.294. The number of halogens is 1. The lowest BCUT2D eigenvalue weighted by molar-refractivity contribution is -0.141. The summed E-state index contributed by atoms with van der Waals surface area (Å²) in [5.41, 5.74) is 6.96. The Kier molecular flexibility index (Phi) is 5.70. The van der Waals surface area contributed by atoms with Crippen LogP contribution in [0.3, 0.4) is 0 Å². The number of hydrogen-bond donors (Lipinski definition) is 2. The fourth-order valence-corrected chi connectivity index (χ4v) is 2.29. The van der Waals surface area contributed by atoms with Gasteiger partial charge >= 0.3 is 5.97 Å². The van der Waals surface area contributed by atoms with Gasteiger partial charge in [0.1, 0.15) is 17.6 Å². The minimum atomic E-state index is -0.979. The molecule has 3 N–H and O–H groups in total. The number of esters is 1. The van der Waals surface area contributed by atoms with Gasteiger partial charge in [0.2, 0.25) is 0 Å². The standard InChI is InChI=1S/C17H19FN2O4/c1-3-15-13(4-5-24-15)10-6-11(8-12(18)7-10)16(21)20-9-14(19)17(22)23-2/h4-8,14H,3,9,19H2,1-2H3,(H,20,21)/t14-/m1/s1. The molecule has 128 valence electrons. The van der Waals surface area contributed by atoms with Crippen molar-refractivity contribution in [3.63, 3.8) is 0 Å². The highest BCUT2D eigenvalue weighted by Gasteiger charge is 2.17. The van der Waals surface area contributed by atoms with E-state index in [4.69, 9.17) is 10.2 Å². The van der Waals surface area contributed by atoms with Crippen LogP contribution in [0.25, 0.3) is 11.1 Å². The van der Waals surface area contributed by atoms with E-state index >= 15 is 0 Å². The number of ether oxygens (including phenoxy) is 1. The number of amides is 1. The maximum atomic E-state index is 13.9. The van der Waals surface area contributed by atoms with Crippen molar-refractivity contribution in [2.45, 2.75) is 19.4 Å². The Bertz CT molecular complexity index is 742. The van der Waals surface area contributed by atoms with Crippen LogP contribution in [0.1, 0.15) is 23.0 Å². The summed E-state index contributed by atoms with van der Waals surface area (Å²) in [5.74, 6) is -1.00. The molecule has 24 heavy (non-hydrogen) atoms. The number of furan rings is 1. The number of nitrogens with two attached hydrogens (primary N) is 1. The van der Waals surface area contributed by atoms with E-state index < -0.39 is 23.7 Å². The average molecular weight is 334 g/mol. The van der Waals surface area contributed by atoms with Gasteiger partial charge in [0.15, 0.2) is 0 Å². The predicted octanol–water partition coefficient (Wildman–Crippen LogP) is 1.88. The van der Waals surface area contributed by atoms with E-state index in [1.807, 2.05) is 6.92 Å². The average Bonchev–Trinajstić information content (AvgIpc) is 3.06. The number of rotatable bonds is 6. The number of hydrogen-bond acceptors (Lipinski definition) is 5. The Morgan fingerprint density at radius 2 is 2.12 bits per heavy atom. The normalized spacial score (nSPS) is 11.8. The number of carbonyl (C=O) groups excluding carboxylic acids is 2. The molecule has 0 saturated heterocycles. The molecule has 0 saturated carbocycles. The van der Waals surface area contributed by atoms with Crippen molar-refractivity contribution in [2.24, 2.45) is 5.73 Å². The third-order valence-electron chi connectivity index (χ3n) is 3.52. The van der Waals surface area contributed by atoms with Crippen molar-refractivity contribution >= 4 is 11.9 Å². The quantitative estimate of drug-likeness (QED) is 0.787. The van der Waals surface area contributed by atoms with Gasteiger partial charge in [0.05, 0.1) is 13.4 Å².